The van der Waals surface area contributed by atoms with Gasteiger partial charge in [0.25, 0.3) is 0 Å². The monoisotopic (exact) mass is 353 g/mol. The smallest absolute Gasteiger partial charge is 0.187 e. The van der Waals surface area contributed by atoms with Crippen molar-refractivity contribution in [3.8, 4) is 11.5 Å². The molecule has 1 aliphatic carbocycles. The number of hydrogen-bond acceptors (Lipinski definition) is 3. The van der Waals surface area contributed by atoms with E-state index < -0.39 is 0 Å². The highest BCUT2D eigenvalue weighted by Gasteiger charge is 2.13. The molecule has 2 aromatic rings. The Morgan fingerprint density at radius 3 is 2.36 bits per heavy atom. The van der Waals surface area contributed by atoms with E-state index in [1.807, 2.05) is 54.6 Å². The van der Waals surface area contributed by atoms with Gasteiger partial charge in [-0.25, -0.2) is 0 Å². The summed E-state index contributed by atoms with van der Waals surface area (Å²) >= 11 is 5.29. The first-order chi connectivity index (χ1) is 12.3. The fourth-order valence-electron chi connectivity index (χ4n) is 2.88. The van der Waals surface area contributed by atoms with Crippen molar-refractivity contribution in [1.82, 2.24) is 10.7 Å². The number of rotatable bonds is 5. The second-order valence-corrected chi connectivity index (χ2v) is 6.57. The quantitative estimate of drug-likeness (QED) is 0.468. The van der Waals surface area contributed by atoms with Crippen LogP contribution < -0.4 is 15.5 Å². The minimum atomic E-state index is 0.485. The van der Waals surface area contributed by atoms with Crippen LogP contribution in [0.1, 0.15) is 37.7 Å². The van der Waals surface area contributed by atoms with Crippen molar-refractivity contribution in [2.24, 2.45) is 5.10 Å². The molecule has 25 heavy (non-hydrogen) atoms. The number of ether oxygens (including phenoxy) is 1. The molecule has 2 aromatic carbocycles. The summed E-state index contributed by atoms with van der Waals surface area (Å²) in [6.45, 7) is 0. The SMILES string of the molecule is S=C(N/N=C/c1ccc(Oc2ccccc2)cc1)NC1CCCCC1. The fourth-order valence-corrected chi connectivity index (χ4v) is 3.10. The molecule has 0 aromatic heterocycles. The molecule has 1 fully saturated rings. The Kier molecular flexibility index (Phi) is 6.40. The lowest BCUT2D eigenvalue weighted by Crippen LogP contribution is -2.40. The van der Waals surface area contributed by atoms with E-state index in [-0.39, 0.29) is 0 Å². The van der Waals surface area contributed by atoms with Crippen molar-refractivity contribution in [1.29, 1.82) is 0 Å². The summed E-state index contributed by atoms with van der Waals surface area (Å²) in [5, 5.41) is 8.12. The average Bonchev–Trinajstić information content (AvgIpc) is 2.65. The van der Waals surface area contributed by atoms with Gasteiger partial charge in [-0.2, -0.15) is 5.10 Å². The molecule has 2 N–H and O–H groups in total. The van der Waals surface area contributed by atoms with Crippen LogP contribution in [0.15, 0.2) is 59.7 Å². The van der Waals surface area contributed by atoms with Gasteiger partial charge in [0.15, 0.2) is 5.11 Å². The molecule has 0 amide bonds. The molecule has 130 valence electrons. The molecule has 0 saturated heterocycles. The van der Waals surface area contributed by atoms with Crippen LogP contribution in [0.25, 0.3) is 0 Å². The molecule has 0 spiro atoms. The van der Waals surface area contributed by atoms with Crippen LogP contribution in [0.5, 0.6) is 11.5 Å². The predicted octanol–water partition coefficient (Wildman–Crippen LogP) is 4.61. The zero-order valence-electron chi connectivity index (χ0n) is 14.2. The molecular formula is C20H23N3OS. The summed E-state index contributed by atoms with van der Waals surface area (Å²) in [5.41, 5.74) is 3.87. The number of thiocarbonyl (C=S) groups is 1. The lowest BCUT2D eigenvalue weighted by Gasteiger charge is -2.23. The maximum absolute atomic E-state index is 5.77. The van der Waals surface area contributed by atoms with Gasteiger partial charge in [-0.15, -0.1) is 0 Å². The van der Waals surface area contributed by atoms with Gasteiger partial charge in [0, 0.05) is 6.04 Å². The van der Waals surface area contributed by atoms with Crippen LogP contribution in [0.4, 0.5) is 0 Å². The number of benzene rings is 2. The van der Waals surface area contributed by atoms with E-state index in [0.717, 1.165) is 17.1 Å². The van der Waals surface area contributed by atoms with Gasteiger partial charge in [0.05, 0.1) is 6.21 Å². The largest absolute Gasteiger partial charge is 0.457 e. The van der Waals surface area contributed by atoms with Gasteiger partial charge in [-0.05, 0) is 67.0 Å². The van der Waals surface area contributed by atoms with Crippen molar-refractivity contribution in [2.45, 2.75) is 38.1 Å². The zero-order chi connectivity index (χ0) is 17.3. The molecule has 3 rings (SSSR count). The lowest BCUT2D eigenvalue weighted by molar-refractivity contribution is 0.412. The molecule has 0 radical (unpaired) electrons. The summed E-state index contributed by atoms with van der Waals surface area (Å²) < 4.78 is 5.77. The number of nitrogens with one attached hydrogen (secondary N) is 2. The van der Waals surface area contributed by atoms with Crippen LogP contribution in [-0.4, -0.2) is 17.4 Å². The maximum Gasteiger partial charge on any atom is 0.187 e. The van der Waals surface area contributed by atoms with Gasteiger partial charge in [0.2, 0.25) is 0 Å². The Morgan fingerprint density at radius 1 is 0.960 bits per heavy atom. The lowest BCUT2D eigenvalue weighted by atomic mass is 9.96. The van der Waals surface area contributed by atoms with E-state index in [4.69, 9.17) is 17.0 Å². The Labute approximate surface area is 154 Å². The summed E-state index contributed by atoms with van der Waals surface area (Å²) in [4.78, 5) is 0. The molecule has 0 atom stereocenters. The molecule has 4 nitrogen and oxygen atoms in total. The summed E-state index contributed by atoms with van der Waals surface area (Å²) in [5.74, 6) is 1.62. The molecule has 1 saturated carbocycles. The Morgan fingerprint density at radius 2 is 1.64 bits per heavy atom. The van der Waals surface area contributed by atoms with Crippen LogP contribution in [0.3, 0.4) is 0 Å². The normalized spacial score (nSPS) is 15.0. The van der Waals surface area contributed by atoms with Gasteiger partial charge in [-0.1, -0.05) is 37.5 Å². The van der Waals surface area contributed by atoms with E-state index >= 15 is 0 Å². The molecule has 0 unspecified atom stereocenters. The minimum Gasteiger partial charge on any atom is -0.457 e. The van der Waals surface area contributed by atoms with Crippen molar-refractivity contribution >= 4 is 23.5 Å². The zero-order valence-corrected chi connectivity index (χ0v) is 15.0. The number of para-hydroxylation sites is 1. The molecule has 0 bridgehead atoms. The average molecular weight is 353 g/mol. The molecule has 5 heteroatoms. The highest BCUT2D eigenvalue weighted by atomic mass is 32.1. The molecular weight excluding hydrogens is 330 g/mol. The third-order valence-electron chi connectivity index (χ3n) is 4.18. The first-order valence-electron chi connectivity index (χ1n) is 8.72. The first kappa shape index (κ1) is 17.4. The van der Waals surface area contributed by atoms with E-state index in [9.17, 15) is 0 Å². The van der Waals surface area contributed by atoms with E-state index in [1.54, 1.807) is 6.21 Å². The van der Waals surface area contributed by atoms with Crippen molar-refractivity contribution < 1.29 is 4.74 Å². The van der Waals surface area contributed by atoms with E-state index in [0.29, 0.717) is 11.2 Å². The highest BCUT2D eigenvalue weighted by molar-refractivity contribution is 7.80. The molecule has 0 aliphatic heterocycles. The molecule has 0 heterocycles. The van der Waals surface area contributed by atoms with Crippen molar-refractivity contribution in [3.63, 3.8) is 0 Å². The van der Waals surface area contributed by atoms with Gasteiger partial charge in [0.1, 0.15) is 11.5 Å². The number of nitrogens with zero attached hydrogens (tertiary/aromatic N) is 1. The van der Waals surface area contributed by atoms with E-state index in [2.05, 4.69) is 15.8 Å². The minimum absolute atomic E-state index is 0.485. The second-order valence-electron chi connectivity index (χ2n) is 6.16. The standard InChI is InChI=1S/C20H23N3OS/c25-20(22-17-7-3-1-4-8-17)23-21-15-16-11-13-19(14-12-16)24-18-9-5-2-6-10-18/h2,5-6,9-15,17H,1,3-4,7-8H2,(H2,22,23,25)/b21-15+. The number of hydrazone groups is 1. The summed E-state index contributed by atoms with van der Waals surface area (Å²) in [6, 6.07) is 18.0. The van der Waals surface area contributed by atoms with Crippen LogP contribution in [0.2, 0.25) is 0 Å². The van der Waals surface area contributed by atoms with Crippen LogP contribution >= 0.6 is 12.2 Å². The van der Waals surface area contributed by atoms with Crippen molar-refractivity contribution in [3.05, 3.63) is 60.2 Å². The van der Waals surface area contributed by atoms with Crippen LogP contribution in [0, 0.1) is 0 Å². The van der Waals surface area contributed by atoms with Crippen molar-refractivity contribution in [2.75, 3.05) is 0 Å². The number of hydrogen-bond donors (Lipinski definition) is 2. The van der Waals surface area contributed by atoms with Gasteiger partial charge >= 0.3 is 0 Å². The third-order valence-corrected chi connectivity index (χ3v) is 4.39. The topological polar surface area (TPSA) is 45.7 Å². The second kappa shape index (κ2) is 9.18. The maximum atomic E-state index is 5.77. The highest BCUT2D eigenvalue weighted by Crippen LogP contribution is 2.20. The Bertz CT molecular complexity index is 695. The fraction of sp³-hybridized carbons (Fsp3) is 0.300. The van der Waals surface area contributed by atoms with Crippen LogP contribution in [-0.2, 0) is 0 Å². The third kappa shape index (κ3) is 5.87. The predicted molar refractivity (Wildman–Crippen MR) is 106 cm³/mol. The summed E-state index contributed by atoms with van der Waals surface area (Å²) in [6.07, 6.45) is 8.02. The summed E-state index contributed by atoms with van der Waals surface area (Å²) in [7, 11) is 0. The van der Waals surface area contributed by atoms with Gasteiger partial charge in [-0.3, -0.25) is 5.43 Å². The molecule has 1 aliphatic rings. The Balaban J connectivity index is 1.45. The van der Waals surface area contributed by atoms with Gasteiger partial charge < -0.3 is 10.1 Å². The Hall–Kier alpha value is -2.40. The van der Waals surface area contributed by atoms with E-state index in [1.165, 1.54) is 32.1 Å². The first-order valence-corrected chi connectivity index (χ1v) is 9.13.